The highest BCUT2D eigenvalue weighted by molar-refractivity contribution is 7.16. The summed E-state index contributed by atoms with van der Waals surface area (Å²) < 4.78 is 0. The summed E-state index contributed by atoms with van der Waals surface area (Å²) in [5.41, 5.74) is 0. The quantitative estimate of drug-likeness (QED) is 0.835. The number of hydrogen-bond donors (Lipinski definition) is 2. The van der Waals surface area contributed by atoms with Gasteiger partial charge in [-0.1, -0.05) is 19.8 Å². The molecule has 0 aromatic carbocycles. The molecule has 2 heterocycles. The largest absolute Gasteiger partial charge is 0.367 e. The lowest BCUT2D eigenvalue weighted by Crippen LogP contribution is -2.16. The van der Waals surface area contributed by atoms with Crippen molar-refractivity contribution in [3.8, 4) is 0 Å². The minimum absolute atomic E-state index is 0.438. The smallest absolute Gasteiger partial charge is 0.225 e. The number of nitrogens with zero attached hydrogens (tertiary/aromatic N) is 2. The molecule has 2 rings (SSSR count). The summed E-state index contributed by atoms with van der Waals surface area (Å²) in [6, 6.07) is 2.52. The topological polar surface area (TPSA) is 49.8 Å². The molecule has 0 aliphatic heterocycles. The second-order valence-corrected chi connectivity index (χ2v) is 5.37. The summed E-state index contributed by atoms with van der Waals surface area (Å²) in [7, 11) is 1.85. The third-order valence-corrected chi connectivity index (χ3v) is 3.73. The normalized spacial score (nSPS) is 12.6. The Hall–Kier alpha value is -1.36. The van der Waals surface area contributed by atoms with E-state index >= 15 is 0 Å². The van der Waals surface area contributed by atoms with Crippen LogP contribution in [0.5, 0.6) is 0 Å². The zero-order valence-electron chi connectivity index (χ0n) is 11.2. The van der Waals surface area contributed by atoms with E-state index < -0.39 is 0 Å². The lowest BCUT2D eigenvalue weighted by Gasteiger charge is -2.15. The van der Waals surface area contributed by atoms with E-state index in [9.17, 15) is 0 Å². The third-order valence-electron chi connectivity index (χ3n) is 2.92. The fourth-order valence-electron chi connectivity index (χ4n) is 1.89. The number of fused-ring (bicyclic) bond motifs is 1. The highest BCUT2D eigenvalue weighted by atomic mass is 32.1. The second-order valence-electron chi connectivity index (χ2n) is 4.47. The molecule has 98 valence electrons. The number of thiophene rings is 1. The van der Waals surface area contributed by atoms with Gasteiger partial charge in [-0.2, -0.15) is 4.98 Å². The Morgan fingerprint density at radius 1 is 1.39 bits per heavy atom. The number of nitrogens with one attached hydrogen (secondary N) is 2. The van der Waals surface area contributed by atoms with Crippen molar-refractivity contribution in [1.29, 1.82) is 0 Å². The van der Waals surface area contributed by atoms with E-state index in [-0.39, 0.29) is 0 Å². The van der Waals surface area contributed by atoms with E-state index in [0.29, 0.717) is 12.0 Å². The summed E-state index contributed by atoms with van der Waals surface area (Å²) >= 11 is 1.64. The van der Waals surface area contributed by atoms with Crippen molar-refractivity contribution in [2.24, 2.45) is 0 Å². The summed E-state index contributed by atoms with van der Waals surface area (Å²) in [4.78, 5) is 9.98. The zero-order valence-corrected chi connectivity index (χ0v) is 12.0. The fraction of sp³-hybridized carbons (Fsp3) is 0.538. The minimum Gasteiger partial charge on any atom is -0.367 e. The Kier molecular flexibility index (Phi) is 4.36. The van der Waals surface area contributed by atoms with Gasteiger partial charge in [0.1, 0.15) is 10.6 Å². The molecular formula is C13H20N4S. The highest BCUT2D eigenvalue weighted by Crippen LogP contribution is 2.27. The van der Waals surface area contributed by atoms with Crippen molar-refractivity contribution in [3.63, 3.8) is 0 Å². The lowest BCUT2D eigenvalue weighted by atomic mass is 10.1. The van der Waals surface area contributed by atoms with Gasteiger partial charge >= 0.3 is 0 Å². The number of hydrogen-bond acceptors (Lipinski definition) is 5. The van der Waals surface area contributed by atoms with E-state index in [1.807, 2.05) is 7.05 Å². The molecule has 4 nitrogen and oxygen atoms in total. The Morgan fingerprint density at radius 3 is 2.94 bits per heavy atom. The van der Waals surface area contributed by atoms with E-state index in [2.05, 4.69) is 45.9 Å². The molecule has 2 N–H and O–H groups in total. The van der Waals surface area contributed by atoms with Crippen LogP contribution in [0.25, 0.3) is 10.2 Å². The lowest BCUT2D eigenvalue weighted by molar-refractivity contribution is 0.644. The molecule has 2 aromatic heterocycles. The van der Waals surface area contributed by atoms with Gasteiger partial charge in [-0.05, 0) is 24.8 Å². The molecule has 0 aliphatic carbocycles. The van der Waals surface area contributed by atoms with Gasteiger partial charge in [-0.3, -0.25) is 0 Å². The minimum atomic E-state index is 0.438. The predicted octanol–water partition coefficient (Wildman–Crippen LogP) is 3.72. The molecule has 0 aliphatic rings. The standard InChI is InChI=1S/C13H20N4S/c1-4-5-6-9(2)15-11-10-7-8-18-12(10)17-13(14-3)16-11/h7-9H,4-6H2,1-3H3,(H2,14,15,16,17). The first-order chi connectivity index (χ1) is 8.74. The van der Waals surface area contributed by atoms with Crippen LogP contribution in [-0.4, -0.2) is 23.1 Å². The molecule has 0 spiro atoms. The van der Waals surface area contributed by atoms with Gasteiger partial charge in [0.25, 0.3) is 0 Å². The molecule has 0 saturated carbocycles. The average molecular weight is 264 g/mol. The van der Waals surface area contributed by atoms with Crippen LogP contribution in [0.4, 0.5) is 11.8 Å². The molecule has 0 saturated heterocycles. The summed E-state index contributed by atoms with van der Waals surface area (Å²) in [6.45, 7) is 4.42. The van der Waals surface area contributed by atoms with Crippen LogP contribution in [0, 0.1) is 0 Å². The number of anilines is 2. The molecule has 0 amide bonds. The van der Waals surface area contributed by atoms with Crippen LogP contribution in [0.2, 0.25) is 0 Å². The van der Waals surface area contributed by atoms with Crippen LogP contribution >= 0.6 is 11.3 Å². The maximum atomic E-state index is 4.51. The molecule has 18 heavy (non-hydrogen) atoms. The van der Waals surface area contributed by atoms with Crippen molar-refractivity contribution >= 4 is 33.3 Å². The number of aromatic nitrogens is 2. The van der Waals surface area contributed by atoms with Crippen LogP contribution < -0.4 is 10.6 Å². The third kappa shape index (κ3) is 2.90. The molecule has 0 radical (unpaired) electrons. The van der Waals surface area contributed by atoms with E-state index in [1.165, 1.54) is 19.3 Å². The van der Waals surface area contributed by atoms with Crippen LogP contribution in [0.15, 0.2) is 11.4 Å². The van der Waals surface area contributed by atoms with Crippen molar-refractivity contribution in [1.82, 2.24) is 9.97 Å². The average Bonchev–Trinajstić information content (AvgIpc) is 2.84. The Bertz CT molecular complexity index is 509. The van der Waals surface area contributed by atoms with Gasteiger partial charge in [0.05, 0.1) is 5.39 Å². The van der Waals surface area contributed by atoms with Gasteiger partial charge < -0.3 is 10.6 Å². The molecule has 0 bridgehead atoms. The van der Waals surface area contributed by atoms with Crippen molar-refractivity contribution < 1.29 is 0 Å². The first-order valence-corrected chi connectivity index (χ1v) is 7.32. The summed E-state index contributed by atoms with van der Waals surface area (Å²) in [5, 5.41) is 9.68. The molecule has 2 aromatic rings. The van der Waals surface area contributed by atoms with Crippen LogP contribution in [0.3, 0.4) is 0 Å². The number of rotatable bonds is 6. The monoisotopic (exact) mass is 264 g/mol. The van der Waals surface area contributed by atoms with E-state index in [4.69, 9.17) is 0 Å². The summed E-state index contributed by atoms with van der Waals surface area (Å²) in [6.07, 6.45) is 3.64. The van der Waals surface area contributed by atoms with Crippen molar-refractivity contribution in [3.05, 3.63) is 11.4 Å². The van der Waals surface area contributed by atoms with Crippen LogP contribution in [0.1, 0.15) is 33.1 Å². The van der Waals surface area contributed by atoms with Crippen molar-refractivity contribution in [2.45, 2.75) is 39.2 Å². The molecule has 1 unspecified atom stereocenters. The van der Waals surface area contributed by atoms with Gasteiger partial charge in [0.15, 0.2) is 0 Å². The van der Waals surface area contributed by atoms with Gasteiger partial charge in [-0.25, -0.2) is 4.98 Å². The SMILES string of the molecule is CCCCC(C)Nc1nc(NC)nc2sccc12. The van der Waals surface area contributed by atoms with E-state index in [1.54, 1.807) is 11.3 Å². The molecule has 5 heteroatoms. The van der Waals surface area contributed by atoms with Gasteiger partial charge in [0, 0.05) is 13.1 Å². The molecule has 1 atom stereocenters. The summed E-state index contributed by atoms with van der Waals surface area (Å²) in [5.74, 6) is 1.62. The molecular weight excluding hydrogens is 244 g/mol. The first kappa shape index (κ1) is 13.1. The van der Waals surface area contributed by atoms with Gasteiger partial charge in [0.2, 0.25) is 5.95 Å². The first-order valence-electron chi connectivity index (χ1n) is 6.44. The van der Waals surface area contributed by atoms with Crippen molar-refractivity contribution in [2.75, 3.05) is 17.7 Å². The maximum absolute atomic E-state index is 4.51. The Labute approximate surface area is 112 Å². The Morgan fingerprint density at radius 2 is 2.22 bits per heavy atom. The van der Waals surface area contributed by atoms with Gasteiger partial charge in [-0.15, -0.1) is 11.3 Å². The maximum Gasteiger partial charge on any atom is 0.225 e. The second kappa shape index (κ2) is 6.00. The molecule has 0 fully saturated rings. The number of unbranched alkanes of at least 4 members (excludes halogenated alkanes) is 1. The van der Waals surface area contributed by atoms with Crippen LogP contribution in [-0.2, 0) is 0 Å². The predicted molar refractivity (Wildman–Crippen MR) is 79.6 cm³/mol. The van der Waals surface area contributed by atoms with E-state index in [0.717, 1.165) is 16.0 Å². The highest BCUT2D eigenvalue weighted by Gasteiger charge is 2.10. The zero-order chi connectivity index (χ0) is 13.0. The fourth-order valence-corrected chi connectivity index (χ4v) is 2.66. The Balaban J connectivity index is 2.22.